The summed E-state index contributed by atoms with van der Waals surface area (Å²) < 4.78 is 35.5. The maximum atomic E-state index is 14.8. The van der Waals surface area contributed by atoms with Crippen molar-refractivity contribution in [2.24, 2.45) is 0 Å². The molecular formula is C31H29ClF2N8O2. The van der Waals surface area contributed by atoms with Gasteiger partial charge in [-0.1, -0.05) is 23.6 Å². The first-order chi connectivity index (χ1) is 21.3. The lowest BCUT2D eigenvalue weighted by molar-refractivity contribution is 0.107. The Morgan fingerprint density at radius 2 is 1.98 bits per heavy atom. The number of hydrogen-bond donors (Lipinski definition) is 2. The molecule has 2 bridgehead atoms. The van der Waals surface area contributed by atoms with Crippen LogP contribution in [0.25, 0.3) is 33.2 Å². The molecule has 0 aliphatic carbocycles. The molecule has 2 N–H and O–H groups in total. The summed E-state index contributed by atoms with van der Waals surface area (Å²) in [5, 5.41) is 13.4. The molecular weight excluding hydrogens is 590 g/mol. The number of ether oxygens (including phenoxy) is 1. The third kappa shape index (κ3) is 4.40. The van der Waals surface area contributed by atoms with E-state index in [1.54, 1.807) is 0 Å². The number of nitrogens with zero attached hydrogens (tertiary/aromatic N) is 6. The van der Waals surface area contributed by atoms with Gasteiger partial charge in [-0.25, -0.2) is 8.78 Å². The lowest BCUT2D eigenvalue weighted by atomic mass is 9.95. The summed E-state index contributed by atoms with van der Waals surface area (Å²) in [4.78, 5) is 29.2. The largest absolute Gasteiger partial charge is 0.461 e. The van der Waals surface area contributed by atoms with Crippen LogP contribution in [-0.2, 0) is 0 Å². The maximum Gasteiger partial charge on any atom is 0.319 e. The lowest BCUT2D eigenvalue weighted by Gasteiger charge is -2.34. The van der Waals surface area contributed by atoms with Gasteiger partial charge < -0.3 is 19.9 Å². The number of aromatic amines is 1. The smallest absolute Gasteiger partial charge is 0.319 e. The molecule has 8 rings (SSSR count). The molecule has 2 unspecified atom stereocenters. The van der Waals surface area contributed by atoms with E-state index in [4.69, 9.17) is 32.7 Å². The van der Waals surface area contributed by atoms with Crippen LogP contribution in [0.3, 0.4) is 0 Å². The molecule has 13 heteroatoms. The monoisotopic (exact) mass is 618 g/mol. The topological polar surface area (TPSA) is 112 Å². The summed E-state index contributed by atoms with van der Waals surface area (Å²) in [6.45, 7) is 2.92. The Bertz CT molecular complexity index is 1920. The molecule has 226 valence electrons. The third-order valence-electron chi connectivity index (χ3n) is 9.61. The highest BCUT2D eigenvalue weighted by atomic mass is 35.5. The van der Waals surface area contributed by atoms with Crippen molar-refractivity contribution < 1.29 is 13.5 Å². The molecule has 4 aromatic rings. The Morgan fingerprint density at radius 1 is 1.16 bits per heavy atom. The number of anilines is 1. The van der Waals surface area contributed by atoms with Gasteiger partial charge in [0.2, 0.25) is 5.56 Å². The predicted molar refractivity (Wildman–Crippen MR) is 162 cm³/mol. The minimum absolute atomic E-state index is 0.0292. The lowest BCUT2D eigenvalue weighted by Crippen LogP contribution is -2.51. The van der Waals surface area contributed by atoms with E-state index in [-0.39, 0.29) is 45.5 Å². The van der Waals surface area contributed by atoms with Crippen molar-refractivity contribution in [2.45, 2.75) is 55.9 Å². The number of nitrogens with one attached hydrogen (secondary N) is 2. The average molecular weight is 619 g/mol. The fourth-order valence-electron chi connectivity index (χ4n) is 7.65. The van der Waals surface area contributed by atoms with E-state index >= 15 is 0 Å². The van der Waals surface area contributed by atoms with E-state index in [0.717, 1.165) is 32.2 Å². The van der Waals surface area contributed by atoms with Crippen LogP contribution in [0.2, 0.25) is 5.02 Å². The molecule has 0 spiro atoms. The Hall–Kier alpha value is -3.92. The molecule has 0 radical (unpaired) electrons. The molecule has 1 aromatic carbocycles. The minimum Gasteiger partial charge on any atom is -0.461 e. The van der Waals surface area contributed by atoms with Gasteiger partial charge >= 0.3 is 6.01 Å². The molecule has 4 fully saturated rings. The van der Waals surface area contributed by atoms with Crippen molar-refractivity contribution >= 4 is 39.2 Å². The zero-order chi connectivity index (χ0) is 30.2. The maximum absolute atomic E-state index is 14.8. The van der Waals surface area contributed by atoms with Crippen LogP contribution < -0.4 is 20.5 Å². The fraction of sp³-hybridized carbons (Fsp3) is 0.452. The number of terminal acetylenes is 1. The first-order valence-corrected chi connectivity index (χ1v) is 15.3. The number of benzene rings is 1. The van der Waals surface area contributed by atoms with Crippen LogP contribution in [-0.4, -0.2) is 86.6 Å². The van der Waals surface area contributed by atoms with Crippen molar-refractivity contribution in [3.05, 3.63) is 45.0 Å². The number of H-pyrrole nitrogens is 1. The van der Waals surface area contributed by atoms with Gasteiger partial charge in [0.1, 0.15) is 29.8 Å². The van der Waals surface area contributed by atoms with Gasteiger partial charge in [-0.3, -0.25) is 9.69 Å². The van der Waals surface area contributed by atoms with E-state index in [2.05, 4.69) is 36.2 Å². The molecule has 4 saturated heterocycles. The number of aromatic nitrogens is 5. The number of hydrogen-bond acceptors (Lipinski definition) is 9. The normalized spacial score (nSPS) is 26.4. The summed E-state index contributed by atoms with van der Waals surface area (Å²) >= 11 is 7.05. The zero-order valence-electron chi connectivity index (χ0n) is 23.7. The predicted octanol–water partition coefficient (Wildman–Crippen LogP) is 3.60. The van der Waals surface area contributed by atoms with Crippen molar-refractivity contribution in [3.63, 3.8) is 0 Å². The highest BCUT2D eigenvalue weighted by molar-refractivity contribution is 6.37. The molecule has 4 atom stereocenters. The molecule has 7 heterocycles. The van der Waals surface area contributed by atoms with Crippen LogP contribution in [0, 0.1) is 18.2 Å². The minimum atomic E-state index is -0.892. The summed E-state index contributed by atoms with van der Waals surface area (Å²) in [6.07, 6.45) is 9.16. The summed E-state index contributed by atoms with van der Waals surface area (Å²) in [7, 11) is 0. The molecule has 10 nitrogen and oxygen atoms in total. The first kappa shape index (κ1) is 27.6. The van der Waals surface area contributed by atoms with Crippen LogP contribution in [0.4, 0.5) is 14.6 Å². The fourth-order valence-corrected chi connectivity index (χ4v) is 7.92. The van der Waals surface area contributed by atoms with Gasteiger partial charge in [-0.2, -0.15) is 9.97 Å². The van der Waals surface area contributed by atoms with Crippen LogP contribution in [0.15, 0.2) is 23.0 Å². The van der Waals surface area contributed by atoms with Crippen molar-refractivity contribution in [2.75, 3.05) is 37.7 Å². The van der Waals surface area contributed by atoms with Crippen molar-refractivity contribution in [3.8, 4) is 29.7 Å². The molecule has 4 aliphatic rings. The molecule has 0 saturated carbocycles. The molecule has 0 amide bonds. The number of fused-ring (bicyclic) bond motifs is 5. The SMILES string of the molecule is C#Cc1c(F)ccc2cc(=O)[nH]c(-c3nnc4c(N5CC6CCC(C5)N6)nc(OC[C@@]56CCCN5C[C@H](F)C6)nc4c3Cl)c12. The second-order valence-electron chi connectivity index (χ2n) is 12.3. The Balaban J connectivity index is 1.28. The summed E-state index contributed by atoms with van der Waals surface area (Å²) in [5.74, 6) is 2.31. The van der Waals surface area contributed by atoms with Gasteiger partial charge in [0, 0.05) is 49.6 Å². The first-order valence-electron chi connectivity index (χ1n) is 14.9. The molecule has 3 aromatic heterocycles. The van der Waals surface area contributed by atoms with Crippen LogP contribution >= 0.6 is 11.6 Å². The van der Waals surface area contributed by atoms with E-state index in [1.165, 1.54) is 18.2 Å². The molecule has 4 aliphatic heterocycles. The summed E-state index contributed by atoms with van der Waals surface area (Å²) in [6, 6.07) is 4.77. The van der Waals surface area contributed by atoms with Gasteiger partial charge in [-0.15, -0.1) is 16.6 Å². The number of alkyl halides is 1. The van der Waals surface area contributed by atoms with Gasteiger partial charge in [-0.05, 0) is 43.7 Å². The second kappa shape index (κ2) is 10.3. The van der Waals surface area contributed by atoms with Gasteiger partial charge in [0.05, 0.1) is 21.8 Å². The van der Waals surface area contributed by atoms with E-state index in [0.29, 0.717) is 54.9 Å². The second-order valence-corrected chi connectivity index (χ2v) is 12.7. The summed E-state index contributed by atoms with van der Waals surface area (Å²) in [5.41, 5.74) is 0.0261. The van der Waals surface area contributed by atoms with Gasteiger partial charge in [0.15, 0.2) is 11.3 Å². The number of rotatable bonds is 5. The Morgan fingerprint density at radius 3 is 2.77 bits per heavy atom. The zero-order valence-corrected chi connectivity index (χ0v) is 24.5. The van der Waals surface area contributed by atoms with Crippen LogP contribution in [0.5, 0.6) is 6.01 Å². The number of halogens is 3. The highest BCUT2D eigenvalue weighted by Crippen LogP contribution is 2.41. The standard InChI is InChI=1S/C31H29ClF2N8O2/c1-2-20-21(34)7-4-16-10-22(43)36-25(23(16)20)27-24(32)26-28(40-39-27)29(41-13-18-5-6-19(14-41)35-18)38-30(37-26)44-15-31-8-3-9-42(31)12-17(33)11-31/h1,4,7,10,17-19,35H,3,5-6,8-9,11-15H2,(H,36,43)/t17-,18?,19?,31+/m1/s1. The Labute approximate surface area is 256 Å². The average Bonchev–Trinajstić information content (AvgIpc) is 3.66. The van der Waals surface area contributed by atoms with Gasteiger partial charge in [0.25, 0.3) is 0 Å². The number of piperazine rings is 1. The van der Waals surface area contributed by atoms with Crippen LogP contribution in [0.1, 0.15) is 37.7 Å². The number of pyridine rings is 1. The van der Waals surface area contributed by atoms with Crippen molar-refractivity contribution in [1.29, 1.82) is 0 Å². The highest BCUT2D eigenvalue weighted by Gasteiger charge is 2.49. The Kier molecular flexibility index (Phi) is 6.48. The van der Waals surface area contributed by atoms with E-state index in [1.807, 2.05) is 0 Å². The van der Waals surface area contributed by atoms with Crippen molar-refractivity contribution in [1.82, 2.24) is 35.4 Å². The van der Waals surface area contributed by atoms with E-state index in [9.17, 15) is 13.6 Å². The molecule has 44 heavy (non-hydrogen) atoms. The quantitative estimate of drug-likeness (QED) is 0.324. The third-order valence-corrected chi connectivity index (χ3v) is 9.97. The van der Waals surface area contributed by atoms with E-state index < -0.39 is 23.1 Å².